The smallest absolute Gasteiger partial charge is 0.129 e. The van der Waals surface area contributed by atoms with Crippen molar-refractivity contribution < 1.29 is 14.9 Å². The molecular weight excluding hydrogens is 204 g/mol. The van der Waals surface area contributed by atoms with E-state index in [2.05, 4.69) is 0 Å². The van der Waals surface area contributed by atoms with E-state index < -0.39 is 6.10 Å². The summed E-state index contributed by atoms with van der Waals surface area (Å²) < 4.78 is 6.01. The zero-order valence-corrected chi connectivity index (χ0v) is 9.15. The maximum Gasteiger partial charge on any atom is 0.129 e. The number of hydrogen-bond donors (Lipinski definition) is 2. The first-order valence-electron chi connectivity index (χ1n) is 5.89. The Hall–Kier alpha value is -1.22. The lowest BCUT2D eigenvalue weighted by molar-refractivity contribution is -0.00952. The first-order chi connectivity index (χ1) is 7.69. The van der Waals surface area contributed by atoms with E-state index >= 15 is 0 Å². The van der Waals surface area contributed by atoms with Crippen molar-refractivity contribution in [3.63, 3.8) is 0 Å². The minimum Gasteiger partial charge on any atom is -0.508 e. The molecule has 3 rings (SSSR count). The molecule has 0 radical (unpaired) electrons. The van der Waals surface area contributed by atoms with Crippen molar-refractivity contribution in [2.75, 3.05) is 0 Å². The van der Waals surface area contributed by atoms with E-state index in [1.807, 2.05) is 0 Å². The topological polar surface area (TPSA) is 49.7 Å². The maximum atomic E-state index is 10.1. The highest BCUT2D eigenvalue weighted by atomic mass is 16.5. The normalized spacial score (nSPS) is 26.4. The zero-order chi connectivity index (χ0) is 11.2. The molecule has 1 aromatic rings. The van der Waals surface area contributed by atoms with Gasteiger partial charge >= 0.3 is 0 Å². The Labute approximate surface area is 94.7 Å². The lowest BCUT2D eigenvalue weighted by Gasteiger charge is -2.38. The summed E-state index contributed by atoms with van der Waals surface area (Å²) in [5.41, 5.74) is 0.621. The number of rotatable bonds is 0. The molecule has 16 heavy (non-hydrogen) atoms. The zero-order valence-electron chi connectivity index (χ0n) is 9.15. The van der Waals surface area contributed by atoms with Gasteiger partial charge in [0.25, 0.3) is 0 Å². The van der Waals surface area contributed by atoms with Crippen LogP contribution in [0.4, 0.5) is 0 Å². The predicted molar refractivity (Wildman–Crippen MR) is 59.5 cm³/mol. The molecule has 0 bridgehead atoms. The Morgan fingerprint density at radius 1 is 1.25 bits per heavy atom. The van der Waals surface area contributed by atoms with Gasteiger partial charge in [-0.25, -0.2) is 0 Å². The number of phenols is 1. The van der Waals surface area contributed by atoms with Gasteiger partial charge in [0, 0.05) is 18.1 Å². The van der Waals surface area contributed by atoms with Crippen LogP contribution in [0.3, 0.4) is 0 Å². The second kappa shape index (κ2) is 3.39. The number of hydrogen-bond acceptors (Lipinski definition) is 3. The van der Waals surface area contributed by atoms with E-state index in [4.69, 9.17) is 4.74 Å². The average molecular weight is 220 g/mol. The molecule has 0 saturated heterocycles. The third-order valence-electron chi connectivity index (χ3n) is 3.76. The van der Waals surface area contributed by atoms with Gasteiger partial charge in [0.05, 0.1) is 6.10 Å². The molecule has 3 heteroatoms. The highest BCUT2D eigenvalue weighted by Crippen LogP contribution is 2.47. The molecule has 3 nitrogen and oxygen atoms in total. The molecular formula is C13H16O3. The van der Waals surface area contributed by atoms with Crippen molar-refractivity contribution in [1.82, 2.24) is 0 Å². The third-order valence-corrected chi connectivity index (χ3v) is 3.76. The van der Waals surface area contributed by atoms with E-state index in [-0.39, 0.29) is 11.4 Å². The van der Waals surface area contributed by atoms with E-state index in [0.717, 1.165) is 18.4 Å². The van der Waals surface area contributed by atoms with Crippen molar-refractivity contribution >= 4 is 0 Å². The van der Waals surface area contributed by atoms with Gasteiger partial charge < -0.3 is 14.9 Å². The summed E-state index contributed by atoms with van der Waals surface area (Å²) in [6, 6.07) is 4.95. The molecule has 1 heterocycles. The number of fused-ring (bicyclic) bond motifs is 1. The highest BCUT2D eigenvalue weighted by Gasteiger charge is 2.42. The van der Waals surface area contributed by atoms with E-state index in [1.54, 1.807) is 18.2 Å². The molecule has 1 aliphatic carbocycles. The Balaban J connectivity index is 2.00. The van der Waals surface area contributed by atoms with Gasteiger partial charge in [-0.2, -0.15) is 0 Å². The largest absolute Gasteiger partial charge is 0.508 e. The van der Waals surface area contributed by atoms with Crippen LogP contribution in [-0.2, 0) is 0 Å². The molecule has 1 fully saturated rings. The van der Waals surface area contributed by atoms with Crippen LogP contribution in [0.1, 0.15) is 43.8 Å². The number of benzene rings is 1. The van der Waals surface area contributed by atoms with Crippen LogP contribution in [0, 0.1) is 0 Å². The molecule has 86 valence electrons. The first-order valence-corrected chi connectivity index (χ1v) is 5.89. The monoisotopic (exact) mass is 220 g/mol. The Morgan fingerprint density at radius 2 is 2.00 bits per heavy atom. The molecule has 1 spiro atoms. The maximum absolute atomic E-state index is 10.1. The third kappa shape index (κ3) is 1.47. The lowest BCUT2D eigenvalue weighted by atomic mass is 9.87. The van der Waals surface area contributed by atoms with Crippen molar-refractivity contribution in [2.24, 2.45) is 0 Å². The molecule has 0 aromatic heterocycles. The summed E-state index contributed by atoms with van der Waals surface area (Å²) in [6.07, 6.45) is 4.59. The van der Waals surface area contributed by atoms with Crippen LogP contribution in [0.5, 0.6) is 11.5 Å². The summed E-state index contributed by atoms with van der Waals surface area (Å²) in [7, 11) is 0. The molecule has 1 atom stereocenters. The summed E-state index contributed by atoms with van der Waals surface area (Å²) in [5.74, 6) is 0.849. The second-order valence-electron chi connectivity index (χ2n) is 4.93. The van der Waals surface area contributed by atoms with Crippen LogP contribution in [0.2, 0.25) is 0 Å². The Morgan fingerprint density at radius 3 is 2.75 bits per heavy atom. The molecule has 2 aliphatic rings. The van der Waals surface area contributed by atoms with Crippen LogP contribution in [0.15, 0.2) is 18.2 Å². The van der Waals surface area contributed by atoms with Gasteiger partial charge in [0.2, 0.25) is 0 Å². The highest BCUT2D eigenvalue weighted by molar-refractivity contribution is 5.43. The van der Waals surface area contributed by atoms with Gasteiger partial charge in [-0.3, -0.25) is 0 Å². The lowest BCUT2D eigenvalue weighted by Crippen LogP contribution is -2.38. The molecule has 1 aliphatic heterocycles. The molecule has 0 amide bonds. The van der Waals surface area contributed by atoms with E-state index in [0.29, 0.717) is 12.2 Å². The predicted octanol–water partition coefficient (Wildman–Crippen LogP) is 2.52. The Kier molecular flexibility index (Phi) is 2.11. The average Bonchev–Trinajstić information content (AvgIpc) is 2.65. The number of phenolic OH excluding ortho intramolecular Hbond substituents is 1. The fourth-order valence-electron chi connectivity index (χ4n) is 2.95. The molecule has 2 N–H and O–H groups in total. The van der Waals surface area contributed by atoms with Gasteiger partial charge in [-0.1, -0.05) is 0 Å². The quantitative estimate of drug-likeness (QED) is 0.706. The van der Waals surface area contributed by atoms with Crippen molar-refractivity contribution in [3.05, 3.63) is 23.8 Å². The summed E-state index contributed by atoms with van der Waals surface area (Å²) in [6.45, 7) is 0. The number of aromatic hydroxyl groups is 1. The van der Waals surface area contributed by atoms with Gasteiger partial charge in [0.15, 0.2) is 0 Å². The minimum atomic E-state index is -0.456. The van der Waals surface area contributed by atoms with Crippen LogP contribution >= 0.6 is 0 Å². The summed E-state index contributed by atoms with van der Waals surface area (Å²) in [4.78, 5) is 0. The molecule has 1 saturated carbocycles. The first kappa shape index (κ1) is 9.97. The minimum absolute atomic E-state index is 0.180. The summed E-state index contributed by atoms with van der Waals surface area (Å²) >= 11 is 0. The second-order valence-corrected chi connectivity index (χ2v) is 4.93. The standard InChI is InChI=1S/C13H16O3/c14-9-3-4-10-11(15)8-13(5-1-2-6-13)16-12(10)7-9/h3-4,7,11,14-15H,1-2,5-6,8H2. The van der Waals surface area contributed by atoms with E-state index in [9.17, 15) is 10.2 Å². The summed E-state index contributed by atoms with van der Waals surface area (Å²) in [5, 5.41) is 19.6. The fourth-order valence-corrected chi connectivity index (χ4v) is 2.95. The van der Waals surface area contributed by atoms with Gasteiger partial charge in [-0.15, -0.1) is 0 Å². The van der Waals surface area contributed by atoms with Crippen molar-refractivity contribution in [3.8, 4) is 11.5 Å². The van der Waals surface area contributed by atoms with Crippen LogP contribution in [0.25, 0.3) is 0 Å². The number of aliphatic hydroxyl groups excluding tert-OH is 1. The number of ether oxygens (including phenoxy) is 1. The Bertz CT molecular complexity index is 408. The van der Waals surface area contributed by atoms with E-state index in [1.165, 1.54) is 12.8 Å². The molecule has 1 aromatic carbocycles. The number of aliphatic hydroxyl groups is 1. The SMILES string of the molecule is Oc1ccc2c(c1)OC1(CCCC1)CC2O. The van der Waals surface area contributed by atoms with Crippen LogP contribution in [-0.4, -0.2) is 15.8 Å². The van der Waals surface area contributed by atoms with Crippen molar-refractivity contribution in [1.29, 1.82) is 0 Å². The fraction of sp³-hybridized carbons (Fsp3) is 0.538. The van der Waals surface area contributed by atoms with Gasteiger partial charge in [-0.05, 0) is 37.8 Å². The van der Waals surface area contributed by atoms with Gasteiger partial charge in [0.1, 0.15) is 17.1 Å². The van der Waals surface area contributed by atoms with Crippen LogP contribution < -0.4 is 4.74 Å². The molecule has 1 unspecified atom stereocenters. The van der Waals surface area contributed by atoms with Crippen molar-refractivity contribution in [2.45, 2.75) is 43.8 Å².